The van der Waals surface area contributed by atoms with Crippen molar-refractivity contribution in [1.82, 2.24) is 9.88 Å². The second-order valence-corrected chi connectivity index (χ2v) is 7.35. The molecular formula is C22H28N2. The van der Waals surface area contributed by atoms with Crippen LogP contribution >= 0.6 is 0 Å². The number of H-pyrrole nitrogens is 1. The van der Waals surface area contributed by atoms with Crippen LogP contribution < -0.4 is 0 Å². The largest absolute Gasteiger partial charge is 0.354 e. The van der Waals surface area contributed by atoms with E-state index in [1.807, 2.05) is 0 Å². The van der Waals surface area contributed by atoms with Crippen molar-refractivity contribution in [1.29, 1.82) is 0 Å². The van der Waals surface area contributed by atoms with Gasteiger partial charge in [0.1, 0.15) is 0 Å². The minimum atomic E-state index is 0.833. The van der Waals surface area contributed by atoms with E-state index < -0.39 is 0 Å². The summed E-state index contributed by atoms with van der Waals surface area (Å²) < 4.78 is 0. The molecule has 0 radical (unpaired) electrons. The number of hydrogen-bond donors (Lipinski definition) is 1. The van der Waals surface area contributed by atoms with Crippen molar-refractivity contribution in [3.8, 4) is 0 Å². The van der Waals surface area contributed by atoms with E-state index >= 15 is 0 Å². The molecule has 1 aliphatic rings. The number of likely N-dealkylation sites (tertiary alicyclic amines) is 1. The van der Waals surface area contributed by atoms with Crippen LogP contribution in [0.15, 0.2) is 42.5 Å². The third kappa shape index (κ3) is 3.08. The molecule has 3 aromatic rings. The fourth-order valence-electron chi connectivity index (χ4n) is 4.21. The number of rotatable bonds is 5. The highest BCUT2D eigenvalue weighted by atomic mass is 15.1. The Bertz CT molecular complexity index is 809. The second-order valence-electron chi connectivity index (χ2n) is 7.35. The Morgan fingerprint density at radius 3 is 2.62 bits per heavy atom. The molecule has 2 nitrogen and oxygen atoms in total. The Balaban J connectivity index is 1.51. The molecule has 1 N–H and O–H groups in total. The van der Waals surface area contributed by atoms with E-state index in [1.165, 1.54) is 79.1 Å². The number of piperidine rings is 1. The van der Waals surface area contributed by atoms with Crippen LogP contribution in [-0.4, -0.2) is 29.5 Å². The number of nitrogens with zero attached hydrogens (tertiary/aromatic N) is 1. The van der Waals surface area contributed by atoms with Crippen molar-refractivity contribution in [2.75, 3.05) is 19.6 Å². The molecule has 4 rings (SSSR count). The average molecular weight is 320 g/mol. The minimum absolute atomic E-state index is 0.833. The number of para-hydroxylation sites is 2. The summed E-state index contributed by atoms with van der Waals surface area (Å²) in [6.45, 7) is 6.15. The standard InChI is InChI=1S/C22H28N2/c1-2-3-13-24-14-11-17(12-15-24)16-18-7-6-9-20-19-8-4-5-10-21(19)23-22(18)20/h4-10,17,23H,2-3,11-16H2,1H3. The maximum atomic E-state index is 3.66. The van der Waals surface area contributed by atoms with Crippen LogP contribution in [0.5, 0.6) is 0 Å². The van der Waals surface area contributed by atoms with Gasteiger partial charge in [-0.3, -0.25) is 0 Å². The zero-order chi connectivity index (χ0) is 16.4. The lowest BCUT2D eigenvalue weighted by molar-refractivity contribution is 0.182. The van der Waals surface area contributed by atoms with Gasteiger partial charge in [0, 0.05) is 21.8 Å². The quantitative estimate of drug-likeness (QED) is 0.669. The molecule has 0 amide bonds. The van der Waals surface area contributed by atoms with Crippen LogP contribution in [0.4, 0.5) is 0 Å². The van der Waals surface area contributed by atoms with Crippen molar-refractivity contribution >= 4 is 21.8 Å². The molecule has 0 saturated carbocycles. The topological polar surface area (TPSA) is 19.0 Å². The third-order valence-electron chi connectivity index (χ3n) is 5.67. The highest BCUT2D eigenvalue weighted by Crippen LogP contribution is 2.30. The van der Waals surface area contributed by atoms with Crippen molar-refractivity contribution in [2.24, 2.45) is 5.92 Å². The maximum absolute atomic E-state index is 3.66. The summed E-state index contributed by atoms with van der Waals surface area (Å²) in [6.07, 6.45) is 6.56. The monoisotopic (exact) mass is 320 g/mol. The number of unbranched alkanes of at least 4 members (excludes halogenated alkanes) is 1. The van der Waals surface area contributed by atoms with E-state index in [1.54, 1.807) is 0 Å². The Kier molecular flexibility index (Phi) is 4.57. The molecule has 1 fully saturated rings. The molecule has 1 saturated heterocycles. The highest BCUT2D eigenvalue weighted by Gasteiger charge is 2.20. The van der Waals surface area contributed by atoms with Crippen LogP contribution in [0.2, 0.25) is 0 Å². The summed E-state index contributed by atoms with van der Waals surface area (Å²) in [5.41, 5.74) is 4.11. The molecule has 2 heterocycles. The molecule has 1 aromatic heterocycles. The van der Waals surface area contributed by atoms with E-state index in [2.05, 4.69) is 59.3 Å². The van der Waals surface area contributed by atoms with Crippen LogP contribution in [0, 0.1) is 5.92 Å². The van der Waals surface area contributed by atoms with Crippen molar-refractivity contribution in [3.63, 3.8) is 0 Å². The van der Waals surface area contributed by atoms with Gasteiger partial charge in [0.25, 0.3) is 0 Å². The second kappa shape index (κ2) is 6.98. The zero-order valence-electron chi connectivity index (χ0n) is 14.7. The number of hydrogen-bond acceptors (Lipinski definition) is 1. The molecule has 24 heavy (non-hydrogen) atoms. The summed E-state index contributed by atoms with van der Waals surface area (Å²) >= 11 is 0. The predicted molar refractivity (Wildman–Crippen MR) is 104 cm³/mol. The zero-order valence-corrected chi connectivity index (χ0v) is 14.7. The van der Waals surface area contributed by atoms with Gasteiger partial charge in [-0.1, -0.05) is 49.7 Å². The fraction of sp³-hybridized carbons (Fsp3) is 0.455. The van der Waals surface area contributed by atoms with E-state index in [4.69, 9.17) is 0 Å². The van der Waals surface area contributed by atoms with Crippen LogP contribution in [-0.2, 0) is 6.42 Å². The predicted octanol–water partition coefficient (Wildman–Crippen LogP) is 5.38. The molecule has 2 aromatic carbocycles. The van der Waals surface area contributed by atoms with Gasteiger partial charge in [0.15, 0.2) is 0 Å². The van der Waals surface area contributed by atoms with Gasteiger partial charge in [0.05, 0.1) is 0 Å². The van der Waals surface area contributed by atoms with Gasteiger partial charge in [-0.25, -0.2) is 0 Å². The smallest absolute Gasteiger partial charge is 0.0497 e. The van der Waals surface area contributed by atoms with Crippen LogP contribution in [0.3, 0.4) is 0 Å². The molecular weight excluding hydrogens is 292 g/mol. The van der Waals surface area contributed by atoms with Crippen molar-refractivity contribution in [3.05, 3.63) is 48.0 Å². The lowest BCUT2D eigenvalue weighted by Gasteiger charge is -2.32. The molecule has 126 valence electrons. The average Bonchev–Trinajstić information content (AvgIpc) is 3.01. The number of aromatic amines is 1. The summed E-state index contributed by atoms with van der Waals surface area (Å²) in [5.74, 6) is 0.833. The van der Waals surface area contributed by atoms with Crippen LogP contribution in [0.25, 0.3) is 21.8 Å². The first-order valence-electron chi connectivity index (χ1n) is 9.56. The SMILES string of the molecule is CCCCN1CCC(Cc2cccc3c2[nH]c2ccccc23)CC1. The lowest BCUT2D eigenvalue weighted by atomic mass is 9.89. The lowest BCUT2D eigenvalue weighted by Crippen LogP contribution is -2.34. The van der Waals surface area contributed by atoms with Crippen LogP contribution in [0.1, 0.15) is 38.2 Å². The normalized spacial score (nSPS) is 17.0. The molecule has 0 spiro atoms. The molecule has 1 aliphatic heterocycles. The van der Waals surface area contributed by atoms with E-state index in [9.17, 15) is 0 Å². The highest BCUT2D eigenvalue weighted by molar-refractivity contribution is 6.08. The van der Waals surface area contributed by atoms with Crippen molar-refractivity contribution < 1.29 is 0 Å². The fourth-order valence-corrected chi connectivity index (χ4v) is 4.21. The number of fused-ring (bicyclic) bond motifs is 3. The first kappa shape index (κ1) is 15.7. The summed E-state index contributed by atoms with van der Waals surface area (Å²) in [6, 6.07) is 15.5. The summed E-state index contributed by atoms with van der Waals surface area (Å²) in [7, 11) is 0. The van der Waals surface area contributed by atoms with Gasteiger partial charge < -0.3 is 9.88 Å². The Morgan fingerprint density at radius 2 is 1.79 bits per heavy atom. The molecule has 0 unspecified atom stereocenters. The summed E-state index contributed by atoms with van der Waals surface area (Å²) in [4.78, 5) is 6.32. The maximum Gasteiger partial charge on any atom is 0.0497 e. The van der Waals surface area contributed by atoms with Gasteiger partial charge in [0.2, 0.25) is 0 Å². The van der Waals surface area contributed by atoms with Gasteiger partial charge >= 0.3 is 0 Å². The van der Waals surface area contributed by atoms with Gasteiger partial charge in [-0.15, -0.1) is 0 Å². The minimum Gasteiger partial charge on any atom is -0.354 e. The first-order chi connectivity index (χ1) is 11.8. The molecule has 2 heteroatoms. The third-order valence-corrected chi connectivity index (χ3v) is 5.67. The Labute approximate surface area is 144 Å². The van der Waals surface area contributed by atoms with Gasteiger partial charge in [-0.05, 0) is 62.9 Å². The first-order valence-corrected chi connectivity index (χ1v) is 9.56. The molecule has 0 aliphatic carbocycles. The Hall–Kier alpha value is -1.80. The number of nitrogens with one attached hydrogen (secondary N) is 1. The van der Waals surface area contributed by atoms with Crippen molar-refractivity contribution in [2.45, 2.75) is 39.0 Å². The summed E-state index contributed by atoms with van der Waals surface area (Å²) in [5, 5.41) is 2.73. The van der Waals surface area contributed by atoms with E-state index in [-0.39, 0.29) is 0 Å². The Morgan fingerprint density at radius 1 is 1.00 bits per heavy atom. The van der Waals surface area contributed by atoms with E-state index in [0.717, 1.165) is 5.92 Å². The number of benzene rings is 2. The molecule has 0 bridgehead atoms. The van der Waals surface area contributed by atoms with Gasteiger partial charge in [-0.2, -0.15) is 0 Å². The van der Waals surface area contributed by atoms with E-state index in [0.29, 0.717) is 0 Å². The molecule has 0 atom stereocenters. The number of aromatic nitrogens is 1.